The number of methoxy groups -OCH3 is 1. The van der Waals surface area contributed by atoms with Gasteiger partial charge in [-0.05, 0) is 24.6 Å². The lowest BCUT2D eigenvalue weighted by Gasteiger charge is -2.16. The van der Waals surface area contributed by atoms with Crippen molar-refractivity contribution in [2.75, 3.05) is 18.4 Å². The number of thiophene rings is 1. The number of ether oxygens (including phenoxy) is 2. The van der Waals surface area contributed by atoms with E-state index in [4.69, 9.17) is 32.7 Å². The van der Waals surface area contributed by atoms with Crippen LogP contribution in [0.2, 0.25) is 9.36 Å². The van der Waals surface area contributed by atoms with Crippen LogP contribution in [-0.4, -0.2) is 39.3 Å². The maximum absolute atomic E-state index is 12.3. The number of carbonyl (C=O) groups excluding carboxylic acids is 1. The molecule has 0 saturated carbocycles. The van der Waals surface area contributed by atoms with Crippen molar-refractivity contribution in [3.63, 3.8) is 0 Å². The van der Waals surface area contributed by atoms with E-state index in [9.17, 15) is 18.3 Å². The highest BCUT2D eigenvalue weighted by Crippen LogP contribution is 2.35. The quantitative estimate of drug-likeness (QED) is 0.582. The number of carbonyl (C=O) groups is 1. The zero-order valence-electron chi connectivity index (χ0n) is 14.4. The van der Waals surface area contributed by atoms with Crippen LogP contribution < -0.4 is 4.72 Å². The van der Waals surface area contributed by atoms with Crippen molar-refractivity contribution >= 4 is 56.2 Å². The Morgan fingerprint density at radius 3 is 2.56 bits per heavy atom. The van der Waals surface area contributed by atoms with Crippen molar-refractivity contribution in [1.82, 2.24) is 0 Å². The minimum atomic E-state index is -3.94. The zero-order chi connectivity index (χ0) is 20.2. The number of nitrogens with one attached hydrogen (secondary N) is 1. The number of aromatic hydroxyl groups is 1. The Labute approximate surface area is 170 Å². The third kappa shape index (κ3) is 5.49. The smallest absolute Gasteiger partial charge is 0.342 e. The molecule has 2 aromatic rings. The molecule has 0 amide bonds. The van der Waals surface area contributed by atoms with Gasteiger partial charge >= 0.3 is 5.97 Å². The lowest BCUT2D eigenvalue weighted by Crippen LogP contribution is -2.22. The van der Waals surface area contributed by atoms with Crippen LogP contribution in [0.25, 0.3) is 0 Å². The molecule has 0 aliphatic rings. The van der Waals surface area contributed by atoms with Gasteiger partial charge in [0.1, 0.15) is 26.0 Å². The SMILES string of the molecule is CCC(COC)OC(=O)c1ccc(NS(=O)(=O)c2cc(Cl)c(Cl)s2)cc1O. The fourth-order valence-electron chi connectivity index (χ4n) is 2.07. The van der Waals surface area contributed by atoms with E-state index >= 15 is 0 Å². The molecule has 0 fully saturated rings. The van der Waals surface area contributed by atoms with Crippen molar-refractivity contribution in [2.45, 2.75) is 23.7 Å². The minimum Gasteiger partial charge on any atom is -0.507 e. The van der Waals surface area contributed by atoms with E-state index in [2.05, 4.69) is 4.72 Å². The molecule has 2 rings (SSSR count). The molecule has 1 aromatic heterocycles. The van der Waals surface area contributed by atoms with Gasteiger partial charge in [0.05, 0.1) is 17.3 Å². The number of hydrogen-bond acceptors (Lipinski definition) is 7. The van der Waals surface area contributed by atoms with Crippen LogP contribution in [0, 0.1) is 0 Å². The first kappa shape index (κ1) is 21.8. The number of rotatable bonds is 8. The second-order valence-corrected chi connectivity index (χ2v) is 9.39. The Balaban J connectivity index is 2.17. The lowest BCUT2D eigenvalue weighted by atomic mass is 10.2. The number of anilines is 1. The van der Waals surface area contributed by atoms with E-state index in [1.54, 1.807) is 0 Å². The third-order valence-electron chi connectivity index (χ3n) is 3.44. The molecule has 148 valence electrons. The van der Waals surface area contributed by atoms with Crippen molar-refractivity contribution in [1.29, 1.82) is 0 Å². The number of esters is 1. The number of sulfonamides is 1. The van der Waals surface area contributed by atoms with Crippen LogP contribution in [0.4, 0.5) is 5.69 Å². The summed E-state index contributed by atoms with van der Waals surface area (Å²) in [6, 6.07) is 4.94. The highest BCUT2D eigenvalue weighted by Gasteiger charge is 2.22. The fraction of sp³-hybridized carbons (Fsp3) is 0.312. The molecule has 0 saturated heterocycles. The van der Waals surface area contributed by atoms with Gasteiger partial charge in [0, 0.05) is 13.2 Å². The number of hydrogen-bond donors (Lipinski definition) is 2. The van der Waals surface area contributed by atoms with Crippen molar-refractivity contribution in [3.05, 3.63) is 39.2 Å². The van der Waals surface area contributed by atoms with Gasteiger partial charge < -0.3 is 14.6 Å². The molecular weight excluding hydrogens is 437 g/mol. The van der Waals surface area contributed by atoms with E-state index in [1.165, 1.54) is 25.3 Å². The highest BCUT2D eigenvalue weighted by molar-refractivity contribution is 7.94. The van der Waals surface area contributed by atoms with E-state index < -0.39 is 27.8 Å². The summed E-state index contributed by atoms with van der Waals surface area (Å²) < 4.78 is 37.3. The highest BCUT2D eigenvalue weighted by atomic mass is 35.5. The first-order valence-electron chi connectivity index (χ1n) is 7.68. The van der Waals surface area contributed by atoms with Gasteiger partial charge in [-0.1, -0.05) is 30.1 Å². The number of phenolic OH excluding ortho intramolecular Hbond substituents is 1. The molecule has 0 aliphatic carbocycles. The van der Waals surface area contributed by atoms with Crippen LogP contribution in [0.1, 0.15) is 23.7 Å². The fourth-order valence-corrected chi connectivity index (χ4v) is 5.00. The molecule has 0 spiro atoms. The van der Waals surface area contributed by atoms with Gasteiger partial charge in [0.25, 0.3) is 10.0 Å². The second-order valence-electron chi connectivity index (χ2n) is 5.42. The van der Waals surface area contributed by atoms with E-state index in [0.717, 1.165) is 17.4 Å². The van der Waals surface area contributed by atoms with Gasteiger partial charge in [-0.3, -0.25) is 4.72 Å². The average molecular weight is 454 g/mol. The predicted octanol–water partition coefficient (Wildman–Crippen LogP) is 4.14. The maximum atomic E-state index is 12.3. The Hall–Kier alpha value is -1.52. The molecular formula is C16H17Cl2NO6S2. The normalized spacial score (nSPS) is 12.6. The average Bonchev–Trinajstić information content (AvgIpc) is 2.94. The minimum absolute atomic E-state index is 0.0635. The predicted molar refractivity (Wildman–Crippen MR) is 105 cm³/mol. The summed E-state index contributed by atoms with van der Waals surface area (Å²) in [6.45, 7) is 2.06. The largest absolute Gasteiger partial charge is 0.507 e. The molecule has 1 unspecified atom stereocenters. The summed E-state index contributed by atoms with van der Waals surface area (Å²) in [7, 11) is -2.45. The Morgan fingerprint density at radius 1 is 1.33 bits per heavy atom. The molecule has 0 aliphatic heterocycles. The lowest BCUT2D eigenvalue weighted by molar-refractivity contribution is 0.00451. The van der Waals surface area contributed by atoms with Crippen molar-refractivity contribution < 1.29 is 27.8 Å². The van der Waals surface area contributed by atoms with E-state index in [1.807, 2.05) is 6.92 Å². The topological polar surface area (TPSA) is 102 Å². The van der Waals surface area contributed by atoms with E-state index in [0.29, 0.717) is 6.42 Å². The van der Waals surface area contributed by atoms with Crippen LogP contribution in [-0.2, 0) is 19.5 Å². The molecule has 0 bridgehead atoms. The van der Waals surface area contributed by atoms with Crippen LogP contribution in [0.15, 0.2) is 28.5 Å². The second kappa shape index (κ2) is 9.11. The summed E-state index contributed by atoms with van der Waals surface area (Å²) in [5.41, 5.74) is -0.0247. The van der Waals surface area contributed by atoms with Crippen LogP contribution in [0.3, 0.4) is 0 Å². The molecule has 11 heteroatoms. The van der Waals surface area contributed by atoms with Gasteiger partial charge in [-0.25, -0.2) is 13.2 Å². The number of phenols is 1. The first-order valence-corrected chi connectivity index (χ1v) is 10.7. The number of benzene rings is 1. The summed E-state index contributed by atoms with van der Waals surface area (Å²) in [5.74, 6) is -1.16. The van der Waals surface area contributed by atoms with Gasteiger partial charge in [0.15, 0.2) is 0 Å². The Morgan fingerprint density at radius 2 is 2.04 bits per heavy atom. The van der Waals surface area contributed by atoms with Gasteiger partial charge in [-0.15, -0.1) is 11.3 Å². The third-order valence-corrected chi connectivity index (χ3v) is 7.16. The molecule has 1 aromatic carbocycles. The van der Waals surface area contributed by atoms with Crippen LogP contribution in [0.5, 0.6) is 5.75 Å². The summed E-state index contributed by atoms with van der Waals surface area (Å²) in [5, 5.41) is 10.2. The van der Waals surface area contributed by atoms with Crippen molar-refractivity contribution in [2.24, 2.45) is 0 Å². The van der Waals surface area contributed by atoms with Crippen LogP contribution >= 0.6 is 34.5 Å². The molecule has 27 heavy (non-hydrogen) atoms. The summed E-state index contributed by atoms with van der Waals surface area (Å²) >= 11 is 12.4. The van der Waals surface area contributed by atoms with Gasteiger partial charge in [0.2, 0.25) is 0 Å². The molecule has 0 radical (unpaired) electrons. The monoisotopic (exact) mass is 453 g/mol. The van der Waals surface area contributed by atoms with Crippen molar-refractivity contribution in [3.8, 4) is 5.75 Å². The molecule has 1 atom stereocenters. The summed E-state index contributed by atoms with van der Waals surface area (Å²) in [4.78, 5) is 12.2. The standard InChI is InChI=1S/C16H17Cl2NO6S2/c1-3-10(8-24-2)25-16(21)11-5-4-9(6-13(11)20)19-27(22,23)14-7-12(17)15(18)26-14/h4-7,10,19-20H,3,8H2,1-2H3. The van der Waals surface area contributed by atoms with Gasteiger partial charge in [-0.2, -0.15) is 0 Å². The Kier molecular flexibility index (Phi) is 7.35. The zero-order valence-corrected chi connectivity index (χ0v) is 17.5. The number of halogens is 2. The summed E-state index contributed by atoms with van der Waals surface area (Å²) in [6.07, 6.45) is 0.0952. The molecule has 2 N–H and O–H groups in total. The maximum Gasteiger partial charge on any atom is 0.342 e. The first-order chi connectivity index (χ1) is 12.7. The molecule has 7 nitrogen and oxygen atoms in total. The Bertz CT molecular complexity index is 909. The van der Waals surface area contributed by atoms with E-state index in [-0.39, 0.29) is 31.4 Å². The molecule has 1 heterocycles.